The van der Waals surface area contributed by atoms with Crippen LogP contribution in [0.3, 0.4) is 0 Å². The van der Waals surface area contributed by atoms with Crippen molar-refractivity contribution in [3.63, 3.8) is 0 Å². The van der Waals surface area contributed by atoms with Gasteiger partial charge in [-0.05, 0) is 56.6 Å². The molecule has 4 rings (SSSR count). The van der Waals surface area contributed by atoms with Gasteiger partial charge in [0.1, 0.15) is 9.84 Å². The summed E-state index contributed by atoms with van der Waals surface area (Å²) in [5.41, 5.74) is 2.63. The molecule has 2 aliphatic rings. The number of piperidine rings is 1. The van der Waals surface area contributed by atoms with Crippen molar-refractivity contribution in [2.45, 2.75) is 38.3 Å². The summed E-state index contributed by atoms with van der Waals surface area (Å²) in [6.45, 7) is 5.38. The van der Waals surface area contributed by atoms with Crippen molar-refractivity contribution in [1.29, 1.82) is 0 Å². The van der Waals surface area contributed by atoms with Crippen LogP contribution < -0.4 is 4.90 Å². The number of benzene rings is 1. The minimum absolute atomic E-state index is 0.0817. The van der Waals surface area contributed by atoms with Crippen molar-refractivity contribution in [3.8, 4) is 0 Å². The molecule has 1 fully saturated rings. The van der Waals surface area contributed by atoms with E-state index in [4.69, 9.17) is 11.6 Å². The number of amides is 1. The lowest BCUT2D eigenvalue weighted by atomic mass is 9.73. The van der Waals surface area contributed by atoms with E-state index in [2.05, 4.69) is 10.00 Å². The normalized spacial score (nSPS) is 18.9. The fraction of sp³-hybridized carbons (Fsp3) is 0.524. The standard InChI is InChI=1S/C21H27ClN4O3S/c1-3-26-19-5-4-17(22)12-18(19)21(20(26)27)6-8-24(9-7-21)14-16-13-23-25(15-16)10-11-30(2,28)29/h4-5,12-13,15H,3,6-11,14H2,1-2H3. The molecule has 1 aromatic carbocycles. The number of aryl methyl sites for hydroxylation is 1. The molecule has 0 aliphatic carbocycles. The fourth-order valence-corrected chi connectivity index (χ4v) is 5.32. The van der Waals surface area contributed by atoms with Crippen LogP contribution in [0.25, 0.3) is 0 Å². The second-order valence-electron chi connectivity index (χ2n) is 8.31. The zero-order valence-electron chi connectivity index (χ0n) is 17.3. The van der Waals surface area contributed by atoms with Gasteiger partial charge in [0.2, 0.25) is 5.91 Å². The molecular weight excluding hydrogens is 424 g/mol. The number of hydrogen-bond acceptors (Lipinski definition) is 5. The molecule has 7 nitrogen and oxygen atoms in total. The third-order valence-electron chi connectivity index (χ3n) is 6.23. The molecule has 1 amide bonds. The first-order valence-electron chi connectivity index (χ1n) is 10.3. The van der Waals surface area contributed by atoms with Gasteiger partial charge in [0.25, 0.3) is 0 Å². The van der Waals surface area contributed by atoms with E-state index in [-0.39, 0.29) is 11.7 Å². The Morgan fingerprint density at radius 1 is 1.23 bits per heavy atom. The van der Waals surface area contributed by atoms with Gasteiger partial charge in [0.05, 0.1) is 23.9 Å². The maximum absolute atomic E-state index is 13.3. The van der Waals surface area contributed by atoms with Crippen LogP contribution in [-0.2, 0) is 33.1 Å². The van der Waals surface area contributed by atoms with Gasteiger partial charge < -0.3 is 4.90 Å². The van der Waals surface area contributed by atoms with E-state index in [1.54, 1.807) is 10.9 Å². The molecule has 2 aliphatic heterocycles. The van der Waals surface area contributed by atoms with Crippen LogP contribution in [-0.4, -0.2) is 60.6 Å². The monoisotopic (exact) mass is 450 g/mol. The van der Waals surface area contributed by atoms with Crippen molar-refractivity contribution >= 4 is 33.0 Å². The van der Waals surface area contributed by atoms with E-state index in [9.17, 15) is 13.2 Å². The number of likely N-dealkylation sites (N-methyl/N-ethyl adjacent to an activating group) is 1. The molecule has 162 valence electrons. The summed E-state index contributed by atoms with van der Waals surface area (Å²) >= 11 is 6.27. The third-order valence-corrected chi connectivity index (χ3v) is 7.39. The van der Waals surface area contributed by atoms with Gasteiger partial charge in [-0.15, -0.1) is 0 Å². The summed E-state index contributed by atoms with van der Waals surface area (Å²) in [5.74, 6) is 0.272. The number of anilines is 1. The van der Waals surface area contributed by atoms with Gasteiger partial charge in [0.15, 0.2) is 0 Å². The van der Waals surface area contributed by atoms with Crippen LogP contribution in [0.15, 0.2) is 30.6 Å². The van der Waals surface area contributed by atoms with Gasteiger partial charge in [0, 0.05) is 41.8 Å². The summed E-state index contributed by atoms with van der Waals surface area (Å²) in [7, 11) is -3.01. The third kappa shape index (κ3) is 4.00. The van der Waals surface area contributed by atoms with Crippen molar-refractivity contribution in [3.05, 3.63) is 46.7 Å². The molecule has 1 spiro atoms. The number of aromatic nitrogens is 2. The van der Waals surface area contributed by atoms with E-state index in [1.165, 1.54) is 6.26 Å². The molecule has 0 radical (unpaired) electrons. The average Bonchev–Trinajstić information content (AvgIpc) is 3.23. The maximum Gasteiger partial charge on any atom is 0.237 e. The number of carbonyl (C=O) groups is 1. The predicted molar refractivity (Wildman–Crippen MR) is 118 cm³/mol. The molecule has 0 atom stereocenters. The van der Waals surface area contributed by atoms with Crippen LogP contribution in [0, 0.1) is 0 Å². The number of nitrogens with zero attached hydrogens (tertiary/aromatic N) is 4. The van der Waals surface area contributed by atoms with Crippen LogP contribution >= 0.6 is 11.6 Å². The SMILES string of the molecule is CCN1C(=O)C2(CCN(Cc3cnn(CCS(C)(=O)=O)c3)CC2)c2cc(Cl)ccc21. The average molecular weight is 451 g/mol. The Morgan fingerprint density at radius 2 is 1.97 bits per heavy atom. The largest absolute Gasteiger partial charge is 0.312 e. The zero-order valence-corrected chi connectivity index (χ0v) is 18.9. The highest BCUT2D eigenvalue weighted by Gasteiger charge is 2.51. The Labute approximate surface area is 182 Å². The Kier molecular flexibility index (Phi) is 5.67. The second kappa shape index (κ2) is 7.98. The highest BCUT2D eigenvalue weighted by atomic mass is 35.5. The van der Waals surface area contributed by atoms with E-state index in [1.807, 2.05) is 36.2 Å². The van der Waals surface area contributed by atoms with Crippen LogP contribution in [0.2, 0.25) is 5.02 Å². The number of sulfone groups is 1. The summed E-state index contributed by atoms with van der Waals surface area (Å²) in [6, 6.07) is 5.78. The second-order valence-corrected chi connectivity index (χ2v) is 11.0. The number of hydrogen-bond donors (Lipinski definition) is 0. The number of rotatable bonds is 6. The van der Waals surface area contributed by atoms with Crippen molar-refractivity contribution in [2.24, 2.45) is 0 Å². The highest BCUT2D eigenvalue weighted by molar-refractivity contribution is 7.90. The minimum atomic E-state index is -3.01. The zero-order chi connectivity index (χ0) is 21.5. The van der Waals surface area contributed by atoms with Gasteiger partial charge in [-0.1, -0.05) is 11.6 Å². The molecule has 2 aromatic rings. The van der Waals surface area contributed by atoms with Gasteiger partial charge in [-0.25, -0.2) is 8.42 Å². The van der Waals surface area contributed by atoms with Crippen LogP contribution in [0.4, 0.5) is 5.69 Å². The van der Waals surface area contributed by atoms with Gasteiger partial charge in [-0.2, -0.15) is 5.10 Å². The molecule has 1 saturated heterocycles. The van der Waals surface area contributed by atoms with E-state index in [0.717, 1.165) is 49.3 Å². The number of carbonyl (C=O) groups excluding carboxylic acids is 1. The smallest absolute Gasteiger partial charge is 0.237 e. The summed E-state index contributed by atoms with van der Waals surface area (Å²) in [4.78, 5) is 17.5. The maximum atomic E-state index is 13.3. The molecule has 9 heteroatoms. The molecule has 0 saturated carbocycles. The molecule has 3 heterocycles. The van der Waals surface area contributed by atoms with E-state index in [0.29, 0.717) is 18.1 Å². The van der Waals surface area contributed by atoms with Crippen molar-refractivity contribution < 1.29 is 13.2 Å². The lowest BCUT2D eigenvalue weighted by molar-refractivity contribution is -0.124. The number of likely N-dealkylation sites (tertiary alicyclic amines) is 1. The summed E-state index contributed by atoms with van der Waals surface area (Å²) < 4.78 is 24.4. The summed E-state index contributed by atoms with van der Waals surface area (Å²) in [5, 5.41) is 4.95. The highest BCUT2D eigenvalue weighted by Crippen LogP contribution is 2.48. The van der Waals surface area contributed by atoms with Gasteiger partial charge >= 0.3 is 0 Å². The Balaban J connectivity index is 1.44. The Morgan fingerprint density at radius 3 is 2.63 bits per heavy atom. The quantitative estimate of drug-likeness (QED) is 0.675. The first kappa shape index (κ1) is 21.3. The van der Waals surface area contributed by atoms with Crippen molar-refractivity contribution in [2.75, 3.05) is 36.5 Å². The predicted octanol–water partition coefficient (Wildman–Crippen LogP) is 2.48. The molecule has 0 unspecified atom stereocenters. The van der Waals surface area contributed by atoms with E-state index >= 15 is 0 Å². The fourth-order valence-electron chi connectivity index (χ4n) is 4.63. The molecule has 30 heavy (non-hydrogen) atoms. The number of halogens is 1. The molecule has 0 bridgehead atoms. The number of fused-ring (bicyclic) bond motifs is 2. The van der Waals surface area contributed by atoms with Crippen molar-refractivity contribution in [1.82, 2.24) is 14.7 Å². The Bertz CT molecular complexity index is 1060. The first-order valence-corrected chi connectivity index (χ1v) is 12.7. The summed E-state index contributed by atoms with van der Waals surface area (Å²) in [6.07, 6.45) is 6.46. The molecule has 0 N–H and O–H groups in total. The minimum Gasteiger partial charge on any atom is -0.312 e. The van der Waals surface area contributed by atoms with E-state index < -0.39 is 15.3 Å². The van der Waals surface area contributed by atoms with Gasteiger partial charge in [-0.3, -0.25) is 14.4 Å². The van der Waals surface area contributed by atoms with Crippen LogP contribution in [0.1, 0.15) is 30.9 Å². The molecule has 1 aromatic heterocycles. The lowest BCUT2D eigenvalue weighted by Gasteiger charge is -2.38. The topological polar surface area (TPSA) is 75.5 Å². The Hall–Kier alpha value is -1.90. The van der Waals surface area contributed by atoms with Crippen LogP contribution in [0.5, 0.6) is 0 Å². The first-order chi connectivity index (χ1) is 14.2. The molecular formula is C21H27ClN4O3S. The lowest BCUT2D eigenvalue weighted by Crippen LogP contribution is -2.48.